The number of rotatable bonds is 6. The molecule has 1 fully saturated rings. The van der Waals surface area contributed by atoms with Gasteiger partial charge < -0.3 is 18.9 Å². The molecule has 7 heteroatoms. The molecule has 1 aliphatic heterocycles. The molecule has 0 spiro atoms. The second kappa shape index (κ2) is 7.44. The van der Waals surface area contributed by atoms with Gasteiger partial charge in [0, 0.05) is 20.2 Å². The Kier molecular flexibility index (Phi) is 5.10. The second-order valence-electron chi connectivity index (χ2n) is 5.75. The van der Waals surface area contributed by atoms with Crippen LogP contribution in [-0.4, -0.2) is 54.4 Å². The number of para-hydroxylation sites is 1. The zero-order chi connectivity index (χ0) is 16.9. The first-order chi connectivity index (χ1) is 11.7. The van der Waals surface area contributed by atoms with Gasteiger partial charge in [-0.05, 0) is 25.5 Å². The average Bonchev–Trinajstić information content (AvgIpc) is 3.24. The zero-order valence-corrected chi connectivity index (χ0v) is 13.9. The van der Waals surface area contributed by atoms with Crippen LogP contribution in [0.15, 0.2) is 28.8 Å². The van der Waals surface area contributed by atoms with Gasteiger partial charge in [-0.1, -0.05) is 17.3 Å². The van der Waals surface area contributed by atoms with Crippen molar-refractivity contribution in [3.05, 3.63) is 41.5 Å². The van der Waals surface area contributed by atoms with Gasteiger partial charge in [0.05, 0.1) is 18.1 Å². The normalized spacial score (nSPS) is 17.2. The van der Waals surface area contributed by atoms with Crippen molar-refractivity contribution in [1.82, 2.24) is 15.0 Å². The van der Waals surface area contributed by atoms with E-state index >= 15 is 0 Å². The minimum absolute atomic E-state index is 0.0400. The molecule has 3 rings (SSSR count). The topological polar surface area (TPSA) is 77.7 Å². The summed E-state index contributed by atoms with van der Waals surface area (Å²) in [4.78, 5) is 18.9. The fourth-order valence-corrected chi connectivity index (χ4v) is 2.80. The van der Waals surface area contributed by atoms with Crippen LogP contribution in [0.1, 0.15) is 34.4 Å². The molecule has 0 radical (unpaired) electrons. The quantitative estimate of drug-likeness (QED) is 0.754. The summed E-state index contributed by atoms with van der Waals surface area (Å²) in [7, 11) is 1.62. The molecule has 1 amide bonds. The fourth-order valence-electron chi connectivity index (χ4n) is 2.80. The van der Waals surface area contributed by atoms with Crippen LogP contribution in [0.25, 0.3) is 0 Å². The number of hydrogen-bond acceptors (Lipinski definition) is 6. The number of aromatic nitrogens is 2. The van der Waals surface area contributed by atoms with Crippen molar-refractivity contribution in [2.45, 2.75) is 19.3 Å². The summed E-state index contributed by atoms with van der Waals surface area (Å²) in [5.41, 5.74) is 0.566. The SMILES string of the molecule is COCCOc1ccccc1C(=O)N1CC[C@H](c2nc(C)no2)C1. The smallest absolute Gasteiger partial charge is 0.257 e. The average molecular weight is 331 g/mol. The van der Waals surface area contributed by atoms with Crippen LogP contribution in [0, 0.1) is 6.92 Å². The lowest BCUT2D eigenvalue weighted by atomic mass is 10.1. The van der Waals surface area contributed by atoms with Gasteiger partial charge in [-0.25, -0.2) is 0 Å². The van der Waals surface area contributed by atoms with Gasteiger partial charge in [0.25, 0.3) is 5.91 Å². The van der Waals surface area contributed by atoms with Crippen molar-refractivity contribution in [3.8, 4) is 5.75 Å². The third kappa shape index (κ3) is 3.56. The molecule has 1 atom stereocenters. The lowest BCUT2D eigenvalue weighted by molar-refractivity contribution is 0.0782. The number of nitrogens with zero attached hydrogens (tertiary/aromatic N) is 3. The largest absolute Gasteiger partial charge is 0.490 e. The predicted molar refractivity (Wildman–Crippen MR) is 86.1 cm³/mol. The van der Waals surface area contributed by atoms with Crippen LogP contribution >= 0.6 is 0 Å². The molecule has 1 aromatic carbocycles. The summed E-state index contributed by atoms with van der Waals surface area (Å²) in [6, 6.07) is 7.28. The van der Waals surface area contributed by atoms with E-state index in [-0.39, 0.29) is 11.8 Å². The monoisotopic (exact) mass is 331 g/mol. The van der Waals surface area contributed by atoms with E-state index in [1.807, 2.05) is 17.0 Å². The fraction of sp³-hybridized carbons (Fsp3) is 0.471. The number of benzene rings is 1. The lowest BCUT2D eigenvalue weighted by Crippen LogP contribution is -2.29. The first-order valence-corrected chi connectivity index (χ1v) is 7.99. The molecule has 24 heavy (non-hydrogen) atoms. The van der Waals surface area contributed by atoms with Crippen LogP contribution < -0.4 is 4.74 Å². The molecule has 0 saturated carbocycles. The summed E-state index contributed by atoms with van der Waals surface area (Å²) in [6.45, 7) is 3.91. The number of carbonyl (C=O) groups excluding carboxylic acids is 1. The minimum atomic E-state index is -0.0400. The van der Waals surface area contributed by atoms with Crippen molar-refractivity contribution >= 4 is 5.91 Å². The second-order valence-corrected chi connectivity index (χ2v) is 5.75. The van der Waals surface area contributed by atoms with Crippen LogP contribution in [0.2, 0.25) is 0 Å². The van der Waals surface area contributed by atoms with Gasteiger partial charge in [-0.2, -0.15) is 4.98 Å². The highest BCUT2D eigenvalue weighted by molar-refractivity contribution is 5.97. The summed E-state index contributed by atoms with van der Waals surface area (Å²) < 4.78 is 15.9. The number of hydrogen-bond donors (Lipinski definition) is 0. The Bertz CT molecular complexity index is 701. The van der Waals surface area contributed by atoms with E-state index in [0.717, 1.165) is 6.42 Å². The molecule has 1 aliphatic rings. The highest BCUT2D eigenvalue weighted by Gasteiger charge is 2.32. The minimum Gasteiger partial charge on any atom is -0.490 e. The molecule has 2 heterocycles. The van der Waals surface area contributed by atoms with Crippen LogP contribution in [0.3, 0.4) is 0 Å². The van der Waals surface area contributed by atoms with Gasteiger partial charge in [0.1, 0.15) is 12.4 Å². The Morgan fingerprint density at radius 2 is 2.21 bits per heavy atom. The van der Waals surface area contributed by atoms with Crippen molar-refractivity contribution in [1.29, 1.82) is 0 Å². The number of carbonyl (C=O) groups is 1. The molecule has 0 aliphatic carbocycles. The van der Waals surface area contributed by atoms with Crippen molar-refractivity contribution in [2.75, 3.05) is 33.4 Å². The number of methoxy groups -OCH3 is 1. The Labute approximate surface area is 140 Å². The molecule has 1 aromatic heterocycles. The summed E-state index contributed by atoms with van der Waals surface area (Å²) in [5, 5.41) is 3.82. The highest BCUT2D eigenvalue weighted by atomic mass is 16.5. The van der Waals surface area contributed by atoms with E-state index in [1.54, 1.807) is 26.2 Å². The van der Waals surface area contributed by atoms with Crippen LogP contribution in [0.5, 0.6) is 5.75 Å². The first-order valence-electron chi connectivity index (χ1n) is 7.99. The number of ether oxygens (including phenoxy) is 2. The molecular formula is C17H21N3O4. The molecule has 2 aromatic rings. The van der Waals surface area contributed by atoms with Gasteiger partial charge in [0.2, 0.25) is 5.89 Å². The van der Waals surface area contributed by atoms with Crippen LogP contribution in [0.4, 0.5) is 0 Å². The molecule has 1 saturated heterocycles. The van der Waals surface area contributed by atoms with Crippen LogP contribution in [-0.2, 0) is 4.74 Å². The van der Waals surface area contributed by atoms with E-state index in [2.05, 4.69) is 10.1 Å². The molecule has 0 bridgehead atoms. The van der Waals surface area contributed by atoms with E-state index < -0.39 is 0 Å². The molecule has 0 N–H and O–H groups in total. The van der Waals surface area contributed by atoms with E-state index in [9.17, 15) is 4.79 Å². The summed E-state index contributed by atoms with van der Waals surface area (Å²) in [6.07, 6.45) is 0.820. The van der Waals surface area contributed by atoms with Crippen molar-refractivity contribution in [2.24, 2.45) is 0 Å². The van der Waals surface area contributed by atoms with E-state index in [0.29, 0.717) is 49.3 Å². The Morgan fingerprint density at radius 1 is 1.38 bits per heavy atom. The number of amides is 1. The molecule has 7 nitrogen and oxygen atoms in total. The first kappa shape index (κ1) is 16.4. The van der Waals surface area contributed by atoms with E-state index in [4.69, 9.17) is 14.0 Å². The maximum atomic E-state index is 12.8. The maximum absolute atomic E-state index is 12.8. The molecule has 0 unspecified atom stereocenters. The summed E-state index contributed by atoms with van der Waals surface area (Å²) in [5.74, 6) is 1.86. The van der Waals surface area contributed by atoms with E-state index in [1.165, 1.54) is 0 Å². The molecule has 128 valence electrons. The maximum Gasteiger partial charge on any atom is 0.257 e. The van der Waals surface area contributed by atoms with Crippen molar-refractivity contribution < 1.29 is 18.8 Å². The van der Waals surface area contributed by atoms with Gasteiger partial charge >= 0.3 is 0 Å². The Hall–Kier alpha value is -2.41. The summed E-state index contributed by atoms with van der Waals surface area (Å²) >= 11 is 0. The van der Waals surface area contributed by atoms with Gasteiger partial charge in [-0.15, -0.1) is 0 Å². The van der Waals surface area contributed by atoms with Gasteiger partial charge in [-0.3, -0.25) is 4.79 Å². The Morgan fingerprint density at radius 3 is 2.96 bits per heavy atom. The third-order valence-corrected chi connectivity index (χ3v) is 4.03. The lowest BCUT2D eigenvalue weighted by Gasteiger charge is -2.18. The molecular weight excluding hydrogens is 310 g/mol. The van der Waals surface area contributed by atoms with Gasteiger partial charge in [0.15, 0.2) is 5.82 Å². The zero-order valence-electron chi connectivity index (χ0n) is 13.9. The highest BCUT2D eigenvalue weighted by Crippen LogP contribution is 2.29. The van der Waals surface area contributed by atoms with Crippen molar-refractivity contribution in [3.63, 3.8) is 0 Å². The Balaban J connectivity index is 1.69. The predicted octanol–water partition coefficient (Wildman–Crippen LogP) is 2.03. The number of likely N-dealkylation sites (tertiary alicyclic amines) is 1. The number of aryl methyl sites for hydroxylation is 1. The third-order valence-electron chi connectivity index (χ3n) is 4.03. The standard InChI is InChI=1S/C17H21N3O4/c1-12-18-16(24-19-12)13-7-8-20(11-13)17(21)14-5-3-4-6-15(14)23-10-9-22-2/h3-6,13H,7-11H2,1-2H3/t13-/m0/s1.